The number of esters is 3. The van der Waals surface area contributed by atoms with E-state index in [1.807, 2.05) is 0 Å². The van der Waals surface area contributed by atoms with E-state index >= 15 is 0 Å². The van der Waals surface area contributed by atoms with E-state index in [9.17, 15) is 14.4 Å². The molecule has 0 aromatic heterocycles. The van der Waals surface area contributed by atoms with Crippen molar-refractivity contribution in [3.8, 4) is 0 Å². The van der Waals surface area contributed by atoms with Gasteiger partial charge in [-0.1, -0.05) is 250 Å². The Kier molecular flexibility index (Phi) is 53.2. The molecule has 0 radical (unpaired) electrons. The number of ether oxygens (including phenoxy) is 3. The van der Waals surface area contributed by atoms with Crippen LogP contribution < -0.4 is 0 Å². The van der Waals surface area contributed by atoms with E-state index in [1.165, 1.54) is 199 Å². The number of carbonyl (C=O) groups excluding carboxylic acids is 3. The second kappa shape index (κ2) is 55.2. The zero-order valence-corrected chi connectivity index (χ0v) is 44.2. The molecule has 0 aliphatic rings. The van der Waals surface area contributed by atoms with Gasteiger partial charge in [0.1, 0.15) is 13.2 Å². The van der Waals surface area contributed by atoms with E-state index in [2.05, 4.69) is 57.2 Å². The van der Waals surface area contributed by atoms with Gasteiger partial charge < -0.3 is 14.2 Å². The molecular weight excluding hydrogens is 817 g/mol. The lowest BCUT2D eigenvalue weighted by molar-refractivity contribution is -0.167. The van der Waals surface area contributed by atoms with Crippen LogP contribution in [0.25, 0.3) is 0 Å². The van der Waals surface area contributed by atoms with Gasteiger partial charge in [0, 0.05) is 19.3 Å². The maximum Gasteiger partial charge on any atom is 0.306 e. The zero-order valence-electron chi connectivity index (χ0n) is 44.2. The van der Waals surface area contributed by atoms with Crippen LogP contribution in [-0.2, 0) is 28.6 Å². The third kappa shape index (κ3) is 52.6. The molecule has 1 atom stereocenters. The smallest absolute Gasteiger partial charge is 0.306 e. The molecule has 0 aromatic rings. The highest BCUT2D eigenvalue weighted by Gasteiger charge is 2.19. The van der Waals surface area contributed by atoms with Gasteiger partial charge in [0.2, 0.25) is 0 Å². The molecule has 66 heavy (non-hydrogen) atoms. The molecule has 0 saturated heterocycles. The van der Waals surface area contributed by atoms with Gasteiger partial charge in [0.15, 0.2) is 6.10 Å². The molecule has 0 amide bonds. The summed E-state index contributed by atoms with van der Waals surface area (Å²) < 4.78 is 16.8. The summed E-state index contributed by atoms with van der Waals surface area (Å²) in [5, 5.41) is 0. The van der Waals surface area contributed by atoms with Gasteiger partial charge in [-0.2, -0.15) is 0 Å². The van der Waals surface area contributed by atoms with Gasteiger partial charge in [-0.25, -0.2) is 0 Å². The molecule has 0 saturated carbocycles. The fourth-order valence-electron chi connectivity index (χ4n) is 8.47. The van der Waals surface area contributed by atoms with Crippen molar-refractivity contribution in [1.82, 2.24) is 0 Å². The highest BCUT2D eigenvalue weighted by atomic mass is 16.6. The van der Waals surface area contributed by atoms with Crippen LogP contribution in [0.15, 0.2) is 36.5 Å². The van der Waals surface area contributed by atoms with Crippen LogP contribution in [0.5, 0.6) is 0 Å². The Labute approximate surface area is 410 Å². The minimum atomic E-state index is -0.771. The van der Waals surface area contributed by atoms with Crippen molar-refractivity contribution in [1.29, 1.82) is 0 Å². The Hall–Kier alpha value is -2.37. The van der Waals surface area contributed by atoms with Crippen molar-refractivity contribution in [3.05, 3.63) is 36.5 Å². The van der Waals surface area contributed by atoms with Crippen LogP contribution in [0.4, 0.5) is 0 Å². The third-order valence-electron chi connectivity index (χ3n) is 12.9. The van der Waals surface area contributed by atoms with Gasteiger partial charge in [0.05, 0.1) is 0 Å². The molecule has 0 bridgehead atoms. The summed E-state index contributed by atoms with van der Waals surface area (Å²) in [6.45, 7) is 6.61. The third-order valence-corrected chi connectivity index (χ3v) is 12.9. The first-order chi connectivity index (χ1) is 32.5. The van der Waals surface area contributed by atoms with Crippen molar-refractivity contribution in [2.75, 3.05) is 13.2 Å². The van der Waals surface area contributed by atoms with Gasteiger partial charge in [-0.15, -0.1) is 0 Å². The number of hydrogen-bond donors (Lipinski definition) is 0. The highest BCUT2D eigenvalue weighted by Crippen LogP contribution is 2.16. The van der Waals surface area contributed by atoms with Crippen molar-refractivity contribution >= 4 is 17.9 Å². The maximum atomic E-state index is 12.8. The monoisotopic (exact) mass is 927 g/mol. The molecule has 0 aromatic carbocycles. The van der Waals surface area contributed by atoms with Crippen molar-refractivity contribution in [2.24, 2.45) is 0 Å². The van der Waals surface area contributed by atoms with Crippen LogP contribution in [0.1, 0.15) is 310 Å². The molecule has 0 aliphatic heterocycles. The van der Waals surface area contributed by atoms with Crippen molar-refractivity contribution < 1.29 is 28.6 Å². The topological polar surface area (TPSA) is 78.9 Å². The summed E-state index contributed by atoms with van der Waals surface area (Å²) in [6.07, 6.45) is 65.9. The van der Waals surface area contributed by atoms with Gasteiger partial charge in [-0.3, -0.25) is 14.4 Å². The lowest BCUT2D eigenvalue weighted by Gasteiger charge is -2.18. The zero-order chi connectivity index (χ0) is 47.9. The quantitative estimate of drug-likeness (QED) is 0.0262. The molecule has 6 heteroatoms. The molecule has 0 N–H and O–H groups in total. The lowest BCUT2D eigenvalue weighted by Crippen LogP contribution is -2.30. The average Bonchev–Trinajstić information content (AvgIpc) is 3.31. The SMILES string of the molecule is CCCCCCC/C=C\C/C=C\CCCCCCCCCCCCCCCC(=O)OCC(COC(=O)CCCCCCCCC)OC(=O)CCCCCCC/C=C\CCCCCCCCC. The largest absolute Gasteiger partial charge is 0.462 e. The molecule has 0 aliphatic carbocycles. The lowest BCUT2D eigenvalue weighted by atomic mass is 10.0. The normalized spacial score (nSPS) is 12.2. The van der Waals surface area contributed by atoms with E-state index in [1.54, 1.807) is 0 Å². The standard InChI is InChI=1S/C60H110O6/c1-4-7-10-13-16-18-20-22-24-26-27-28-29-30-31-32-33-34-36-37-39-41-44-47-50-53-59(62)65-56-57(55-64-58(61)52-49-46-43-15-12-9-6-3)66-60(63)54-51-48-45-42-40-38-35-25-23-21-19-17-14-11-8-5-2/h20,22,25-27,35,57H,4-19,21,23-24,28-34,36-56H2,1-3H3/b22-20-,27-26-,35-25-. The first-order valence-electron chi connectivity index (χ1n) is 29.0. The molecule has 6 nitrogen and oxygen atoms in total. The molecule has 0 rings (SSSR count). The van der Waals surface area contributed by atoms with Gasteiger partial charge in [-0.05, 0) is 77.0 Å². The number of hydrogen-bond acceptors (Lipinski definition) is 6. The molecule has 1 unspecified atom stereocenters. The van der Waals surface area contributed by atoms with Gasteiger partial charge >= 0.3 is 17.9 Å². The summed E-state index contributed by atoms with van der Waals surface area (Å²) in [6, 6.07) is 0. The minimum absolute atomic E-state index is 0.0729. The molecule has 0 fully saturated rings. The summed E-state index contributed by atoms with van der Waals surface area (Å²) in [7, 11) is 0. The number of allylic oxidation sites excluding steroid dienone is 6. The Balaban J connectivity index is 4.13. The molecule has 0 heterocycles. The fraction of sp³-hybridized carbons (Fsp3) is 0.850. The first kappa shape index (κ1) is 63.6. The van der Waals surface area contributed by atoms with E-state index in [0.717, 1.165) is 70.6 Å². The Morgan fingerprint density at radius 3 is 0.848 bits per heavy atom. The number of carbonyl (C=O) groups is 3. The van der Waals surface area contributed by atoms with Crippen LogP contribution in [-0.4, -0.2) is 37.2 Å². The molecule has 0 spiro atoms. The summed E-state index contributed by atoms with van der Waals surface area (Å²) in [5.41, 5.74) is 0. The van der Waals surface area contributed by atoms with Crippen molar-refractivity contribution in [2.45, 2.75) is 316 Å². The summed E-state index contributed by atoms with van der Waals surface area (Å²) in [5.74, 6) is -0.875. The van der Waals surface area contributed by atoms with Gasteiger partial charge in [0.25, 0.3) is 0 Å². The van der Waals surface area contributed by atoms with Crippen LogP contribution in [0.3, 0.4) is 0 Å². The minimum Gasteiger partial charge on any atom is -0.462 e. The first-order valence-corrected chi connectivity index (χ1v) is 29.0. The maximum absolute atomic E-state index is 12.8. The second-order valence-corrected chi connectivity index (χ2v) is 19.6. The second-order valence-electron chi connectivity index (χ2n) is 19.6. The molecular formula is C60H110O6. The predicted molar refractivity (Wildman–Crippen MR) is 284 cm³/mol. The molecule has 386 valence electrons. The predicted octanol–water partition coefficient (Wildman–Crippen LogP) is 19.3. The van der Waals surface area contributed by atoms with Crippen molar-refractivity contribution in [3.63, 3.8) is 0 Å². The summed E-state index contributed by atoms with van der Waals surface area (Å²) in [4.78, 5) is 37.9. The highest BCUT2D eigenvalue weighted by molar-refractivity contribution is 5.71. The van der Waals surface area contributed by atoms with E-state index in [0.29, 0.717) is 19.3 Å². The van der Waals surface area contributed by atoms with Crippen LogP contribution in [0.2, 0.25) is 0 Å². The Bertz CT molecular complexity index is 1110. The van der Waals surface area contributed by atoms with E-state index < -0.39 is 6.10 Å². The van der Waals surface area contributed by atoms with Crippen LogP contribution >= 0.6 is 0 Å². The van der Waals surface area contributed by atoms with E-state index in [-0.39, 0.29) is 31.1 Å². The van der Waals surface area contributed by atoms with Crippen LogP contribution in [0, 0.1) is 0 Å². The fourth-order valence-corrected chi connectivity index (χ4v) is 8.47. The summed E-state index contributed by atoms with van der Waals surface area (Å²) >= 11 is 0. The average molecular weight is 928 g/mol. The number of rotatable bonds is 53. The van der Waals surface area contributed by atoms with E-state index in [4.69, 9.17) is 14.2 Å². The number of unbranched alkanes of at least 4 members (excludes halogenated alkanes) is 36. The Morgan fingerprint density at radius 1 is 0.303 bits per heavy atom. The Morgan fingerprint density at radius 2 is 0.545 bits per heavy atom.